The van der Waals surface area contributed by atoms with Crippen molar-refractivity contribution in [2.75, 3.05) is 31.1 Å². The van der Waals surface area contributed by atoms with Crippen LogP contribution in [0.3, 0.4) is 0 Å². The van der Waals surface area contributed by atoms with Crippen LogP contribution in [0.1, 0.15) is 44.3 Å². The maximum Gasteiger partial charge on any atom is 0.262 e. The molecule has 1 saturated heterocycles. The van der Waals surface area contributed by atoms with Crippen molar-refractivity contribution >= 4 is 15.8 Å². The van der Waals surface area contributed by atoms with Gasteiger partial charge in [-0.3, -0.25) is 0 Å². The van der Waals surface area contributed by atoms with Crippen molar-refractivity contribution in [1.82, 2.24) is 24.1 Å². The minimum absolute atomic E-state index is 0.119. The standard InChI is InChI=1S/C17H24N6O2S/c1-13(2)22-11-17(18-12-22)26(24,25)23-9-7-21(8-10-23)16-6-5-15(19-20-16)14-3-4-14/h5-6,11-14H,3-4,7-10H2,1-2H3. The number of hydrogen-bond donors (Lipinski definition) is 0. The van der Waals surface area contributed by atoms with Gasteiger partial charge in [0.25, 0.3) is 10.0 Å². The highest BCUT2D eigenvalue weighted by atomic mass is 32.2. The molecule has 2 aliphatic rings. The van der Waals surface area contributed by atoms with E-state index in [1.54, 1.807) is 17.1 Å². The van der Waals surface area contributed by atoms with Crippen molar-refractivity contribution in [2.45, 2.75) is 43.7 Å². The average molecular weight is 376 g/mol. The number of piperazine rings is 1. The highest BCUT2D eigenvalue weighted by Gasteiger charge is 2.31. The van der Waals surface area contributed by atoms with Crippen LogP contribution in [0.4, 0.5) is 5.82 Å². The zero-order chi connectivity index (χ0) is 18.3. The fraction of sp³-hybridized carbons (Fsp3) is 0.588. The Morgan fingerprint density at radius 1 is 1.08 bits per heavy atom. The minimum Gasteiger partial charge on any atom is -0.352 e. The van der Waals surface area contributed by atoms with Crippen molar-refractivity contribution in [3.63, 3.8) is 0 Å². The molecule has 9 heteroatoms. The van der Waals surface area contributed by atoms with Crippen molar-refractivity contribution in [3.8, 4) is 0 Å². The SMILES string of the molecule is CC(C)n1cnc(S(=O)(=O)N2CCN(c3ccc(C4CC4)nn3)CC2)c1. The number of anilines is 1. The highest BCUT2D eigenvalue weighted by molar-refractivity contribution is 7.89. The topological polar surface area (TPSA) is 84.2 Å². The van der Waals surface area contributed by atoms with Crippen LogP contribution in [-0.4, -0.2) is 58.7 Å². The summed E-state index contributed by atoms with van der Waals surface area (Å²) in [5, 5.41) is 8.76. The second-order valence-corrected chi connectivity index (χ2v) is 9.12. The molecule has 0 spiro atoms. The molecule has 1 aliphatic carbocycles. The van der Waals surface area contributed by atoms with Crippen LogP contribution >= 0.6 is 0 Å². The summed E-state index contributed by atoms with van der Waals surface area (Å²) in [7, 11) is -3.55. The van der Waals surface area contributed by atoms with Crippen molar-refractivity contribution in [1.29, 1.82) is 0 Å². The van der Waals surface area contributed by atoms with E-state index in [0.29, 0.717) is 32.1 Å². The van der Waals surface area contributed by atoms with Gasteiger partial charge in [0.15, 0.2) is 10.8 Å². The van der Waals surface area contributed by atoms with E-state index in [1.165, 1.54) is 17.1 Å². The van der Waals surface area contributed by atoms with Crippen LogP contribution in [0.2, 0.25) is 0 Å². The van der Waals surface area contributed by atoms with Crippen molar-refractivity contribution in [2.24, 2.45) is 0 Å². The predicted octanol–water partition coefficient (Wildman–Crippen LogP) is 1.64. The Bertz CT molecular complexity index is 865. The quantitative estimate of drug-likeness (QED) is 0.789. The lowest BCUT2D eigenvalue weighted by Crippen LogP contribution is -2.49. The minimum atomic E-state index is -3.55. The Hall–Kier alpha value is -2.00. The van der Waals surface area contributed by atoms with Crippen LogP contribution in [0.25, 0.3) is 0 Å². The molecule has 3 heterocycles. The van der Waals surface area contributed by atoms with E-state index < -0.39 is 10.0 Å². The zero-order valence-corrected chi connectivity index (χ0v) is 15.9. The monoisotopic (exact) mass is 376 g/mol. The molecule has 140 valence electrons. The molecule has 8 nitrogen and oxygen atoms in total. The summed E-state index contributed by atoms with van der Waals surface area (Å²) in [5.74, 6) is 1.40. The fourth-order valence-electron chi connectivity index (χ4n) is 3.12. The van der Waals surface area contributed by atoms with Crippen LogP contribution in [0, 0.1) is 0 Å². The molecule has 0 amide bonds. The molecule has 2 aromatic rings. The van der Waals surface area contributed by atoms with Gasteiger partial charge in [-0.2, -0.15) is 9.40 Å². The number of imidazole rings is 1. The van der Waals surface area contributed by atoms with E-state index in [-0.39, 0.29) is 11.1 Å². The maximum absolute atomic E-state index is 12.8. The number of nitrogens with zero attached hydrogens (tertiary/aromatic N) is 6. The van der Waals surface area contributed by atoms with Gasteiger partial charge in [-0.25, -0.2) is 13.4 Å². The molecule has 1 aliphatic heterocycles. The molecule has 0 atom stereocenters. The predicted molar refractivity (Wildman–Crippen MR) is 97.6 cm³/mol. The molecule has 0 N–H and O–H groups in total. The van der Waals surface area contributed by atoms with Crippen molar-refractivity contribution in [3.05, 3.63) is 30.4 Å². The lowest BCUT2D eigenvalue weighted by molar-refractivity contribution is 0.382. The van der Waals surface area contributed by atoms with Crippen LogP contribution in [-0.2, 0) is 10.0 Å². The van der Waals surface area contributed by atoms with Gasteiger partial charge >= 0.3 is 0 Å². The van der Waals surface area contributed by atoms with Gasteiger partial charge in [-0.15, -0.1) is 5.10 Å². The van der Waals surface area contributed by atoms with Crippen molar-refractivity contribution < 1.29 is 8.42 Å². The summed E-state index contributed by atoms with van der Waals surface area (Å²) in [6.45, 7) is 6.02. The second kappa shape index (κ2) is 6.62. The fourth-order valence-corrected chi connectivity index (χ4v) is 4.47. The Balaban J connectivity index is 1.41. The third-order valence-corrected chi connectivity index (χ3v) is 6.79. The smallest absolute Gasteiger partial charge is 0.262 e. The zero-order valence-electron chi connectivity index (χ0n) is 15.1. The van der Waals surface area contributed by atoms with Gasteiger partial charge in [0.05, 0.1) is 12.0 Å². The number of rotatable bonds is 5. The van der Waals surface area contributed by atoms with Gasteiger partial charge in [-0.1, -0.05) is 0 Å². The first-order valence-electron chi connectivity index (χ1n) is 9.07. The molecule has 2 aromatic heterocycles. The molecular weight excluding hydrogens is 352 g/mol. The summed E-state index contributed by atoms with van der Waals surface area (Å²) in [6.07, 6.45) is 5.59. The van der Waals surface area contributed by atoms with E-state index in [4.69, 9.17) is 0 Å². The van der Waals surface area contributed by atoms with E-state index in [1.807, 2.05) is 26.0 Å². The summed E-state index contributed by atoms with van der Waals surface area (Å²) in [5.41, 5.74) is 1.07. The molecule has 4 rings (SSSR count). The van der Waals surface area contributed by atoms with Gasteiger partial charge in [-0.05, 0) is 38.8 Å². The Kier molecular flexibility index (Phi) is 4.44. The molecule has 0 radical (unpaired) electrons. The van der Waals surface area contributed by atoms with Gasteiger partial charge in [0, 0.05) is 44.3 Å². The van der Waals surface area contributed by atoms with Gasteiger partial charge < -0.3 is 9.47 Å². The third kappa shape index (κ3) is 3.33. The molecule has 0 bridgehead atoms. The van der Waals surface area contributed by atoms with Crippen LogP contribution < -0.4 is 4.90 Å². The maximum atomic E-state index is 12.8. The number of aromatic nitrogens is 4. The average Bonchev–Trinajstić information content (AvgIpc) is 3.37. The highest BCUT2D eigenvalue weighted by Crippen LogP contribution is 2.38. The summed E-state index contributed by atoms with van der Waals surface area (Å²) >= 11 is 0. The van der Waals surface area contributed by atoms with Crippen LogP contribution in [0.5, 0.6) is 0 Å². The first-order valence-corrected chi connectivity index (χ1v) is 10.5. The molecule has 2 fully saturated rings. The third-order valence-electron chi connectivity index (χ3n) is 5.01. The van der Waals surface area contributed by atoms with E-state index in [2.05, 4.69) is 20.1 Å². The largest absolute Gasteiger partial charge is 0.352 e. The normalized spacial score (nSPS) is 19.3. The molecule has 0 unspecified atom stereocenters. The van der Waals surface area contributed by atoms with Gasteiger partial charge in [0.2, 0.25) is 0 Å². The molecule has 1 saturated carbocycles. The molecule has 0 aromatic carbocycles. The number of sulfonamides is 1. The van der Waals surface area contributed by atoms with E-state index in [9.17, 15) is 8.42 Å². The number of hydrogen-bond acceptors (Lipinski definition) is 6. The lowest BCUT2D eigenvalue weighted by Gasteiger charge is -2.34. The first-order chi connectivity index (χ1) is 12.4. The lowest BCUT2D eigenvalue weighted by atomic mass is 10.2. The Morgan fingerprint density at radius 3 is 2.35 bits per heavy atom. The Labute approximate surface area is 153 Å². The van der Waals surface area contributed by atoms with E-state index >= 15 is 0 Å². The second-order valence-electron chi connectivity index (χ2n) is 7.23. The first kappa shape index (κ1) is 17.4. The summed E-state index contributed by atoms with van der Waals surface area (Å²) in [4.78, 5) is 6.18. The molecular formula is C17H24N6O2S. The Morgan fingerprint density at radius 2 is 1.81 bits per heavy atom. The van der Waals surface area contributed by atoms with Crippen LogP contribution in [0.15, 0.2) is 29.7 Å². The van der Waals surface area contributed by atoms with Gasteiger partial charge in [0.1, 0.15) is 0 Å². The summed E-state index contributed by atoms with van der Waals surface area (Å²) < 4.78 is 28.9. The molecule has 26 heavy (non-hydrogen) atoms. The summed E-state index contributed by atoms with van der Waals surface area (Å²) in [6, 6.07) is 4.22. The van der Waals surface area contributed by atoms with E-state index in [0.717, 1.165) is 11.5 Å².